The van der Waals surface area contributed by atoms with Crippen molar-refractivity contribution in [3.05, 3.63) is 35.4 Å². The lowest BCUT2D eigenvalue weighted by Crippen LogP contribution is -2.46. The van der Waals surface area contributed by atoms with Gasteiger partial charge in [-0.05, 0) is 23.6 Å². The minimum Gasteiger partial charge on any atom is -0.480 e. The molecule has 0 heterocycles. The highest BCUT2D eigenvalue weighted by Gasteiger charge is 2.32. The van der Waals surface area contributed by atoms with Gasteiger partial charge in [0.2, 0.25) is 6.17 Å². The summed E-state index contributed by atoms with van der Waals surface area (Å²) in [6.07, 6.45) is -6.35. The van der Waals surface area contributed by atoms with E-state index >= 15 is 0 Å². The standard InChI is InChI=1S/C15H17F4NO3/c1-3-8(2)12(14(22)23)20-13(21)11(16)9-4-6-10(7-5-9)15(17,18)19/h4-8,11-12H,3H2,1-2H3,(H,20,21)(H,22,23). The first-order valence-electron chi connectivity index (χ1n) is 6.92. The van der Waals surface area contributed by atoms with Gasteiger partial charge in [-0.2, -0.15) is 13.2 Å². The van der Waals surface area contributed by atoms with E-state index in [1.165, 1.54) is 0 Å². The van der Waals surface area contributed by atoms with Crippen LogP contribution in [0.4, 0.5) is 17.6 Å². The third-order valence-electron chi connectivity index (χ3n) is 3.54. The van der Waals surface area contributed by atoms with E-state index in [4.69, 9.17) is 5.11 Å². The molecule has 1 amide bonds. The molecule has 0 spiro atoms. The summed E-state index contributed by atoms with van der Waals surface area (Å²) in [6.45, 7) is 3.31. The molecule has 0 fully saturated rings. The highest BCUT2D eigenvalue weighted by Crippen LogP contribution is 2.30. The molecule has 0 aliphatic rings. The van der Waals surface area contributed by atoms with Crippen molar-refractivity contribution in [3.63, 3.8) is 0 Å². The van der Waals surface area contributed by atoms with Crippen molar-refractivity contribution in [2.45, 2.75) is 38.7 Å². The van der Waals surface area contributed by atoms with Crippen LogP contribution in [-0.4, -0.2) is 23.0 Å². The summed E-state index contributed by atoms with van der Waals surface area (Å²) < 4.78 is 51.4. The third-order valence-corrected chi connectivity index (χ3v) is 3.54. The zero-order valence-corrected chi connectivity index (χ0v) is 12.5. The van der Waals surface area contributed by atoms with E-state index in [1.807, 2.05) is 0 Å². The molecule has 0 radical (unpaired) electrons. The van der Waals surface area contributed by atoms with Crippen LogP contribution in [0.25, 0.3) is 0 Å². The number of carboxylic acids is 1. The van der Waals surface area contributed by atoms with Crippen molar-refractivity contribution < 1.29 is 32.3 Å². The average Bonchev–Trinajstić information content (AvgIpc) is 2.49. The average molecular weight is 335 g/mol. The molecule has 2 N–H and O–H groups in total. The molecule has 0 saturated carbocycles. The molecule has 1 rings (SSSR count). The van der Waals surface area contributed by atoms with Gasteiger partial charge in [-0.3, -0.25) is 4.79 Å². The number of aliphatic carboxylic acids is 1. The summed E-state index contributed by atoms with van der Waals surface area (Å²) >= 11 is 0. The molecular weight excluding hydrogens is 318 g/mol. The SMILES string of the molecule is CCC(C)C(NC(=O)C(F)c1ccc(C(F)(F)F)cc1)C(=O)O. The van der Waals surface area contributed by atoms with Crippen LogP contribution in [0.1, 0.15) is 37.6 Å². The highest BCUT2D eigenvalue weighted by molar-refractivity contribution is 5.87. The molecule has 0 bridgehead atoms. The number of carboxylic acid groups (broad SMARTS) is 1. The maximum atomic E-state index is 14.1. The van der Waals surface area contributed by atoms with E-state index in [0.717, 1.165) is 12.1 Å². The highest BCUT2D eigenvalue weighted by atomic mass is 19.4. The van der Waals surface area contributed by atoms with Gasteiger partial charge in [-0.1, -0.05) is 32.4 Å². The Labute approximate surface area is 130 Å². The van der Waals surface area contributed by atoms with E-state index in [1.54, 1.807) is 13.8 Å². The number of rotatable bonds is 6. The van der Waals surface area contributed by atoms with Crippen molar-refractivity contribution in [1.82, 2.24) is 5.32 Å². The third kappa shape index (κ3) is 4.94. The molecular formula is C15H17F4NO3. The molecule has 23 heavy (non-hydrogen) atoms. The molecule has 3 atom stereocenters. The van der Waals surface area contributed by atoms with Crippen molar-refractivity contribution in [2.24, 2.45) is 5.92 Å². The van der Waals surface area contributed by atoms with Crippen molar-refractivity contribution in [3.8, 4) is 0 Å². The maximum absolute atomic E-state index is 14.1. The fourth-order valence-electron chi connectivity index (χ4n) is 1.90. The number of benzene rings is 1. The van der Waals surface area contributed by atoms with Crippen LogP contribution in [0.3, 0.4) is 0 Å². The van der Waals surface area contributed by atoms with Crippen molar-refractivity contribution >= 4 is 11.9 Å². The second kappa shape index (κ2) is 7.43. The van der Waals surface area contributed by atoms with Crippen LogP contribution in [0.5, 0.6) is 0 Å². The minimum atomic E-state index is -4.56. The summed E-state index contributed by atoms with van der Waals surface area (Å²) in [7, 11) is 0. The Morgan fingerprint density at radius 3 is 2.13 bits per heavy atom. The first-order valence-corrected chi connectivity index (χ1v) is 6.92. The van der Waals surface area contributed by atoms with E-state index < -0.39 is 41.7 Å². The summed E-state index contributed by atoms with van der Waals surface area (Å²) in [5.41, 5.74) is -1.24. The van der Waals surface area contributed by atoms with Gasteiger partial charge >= 0.3 is 12.1 Å². The predicted molar refractivity (Wildman–Crippen MR) is 74.3 cm³/mol. The number of halogens is 4. The summed E-state index contributed by atoms with van der Waals surface area (Å²) in [5, 5.41) is 11.1. The van der Waals surface area contributed by atoms with E-state index in [2.05, 4.69) is 5.32 Å². The fourth-order valence-corrected chi connectivity index (χ4v) is 1.90. The summed E-state index contributed by atoms with van der Waals surface area (Å²) in [5.74, 6) is -2.92. The number of hydrogen-bond acceptors (Lipinski definition) is 2. The Kier molecular flexibility index (Phi) is 6.12. The molecule has 128 valence electrons. The second-order valence-electron chi connectivity index (χ2n) is 5.19. The van der Waals surface area contributed by atoms with Crippen LogP contribution < -0.4 is 5.32 Å². The molecule has 3 unspecified atom stereocenters. The van der Waals surface area contributed by atoms with Crippen LogP contribution >= 0.6 is 0 Å². The quantitative estimate of drug-likeness (QED) is 0.784. The Morgan fingerprint density at radius 2 is 1.74 bits per heavy atom. The zero-order valence-electron chi connectivity index (χ0n) is 12.5. The largest absolute Gasteiger partial charge is 0.480 e. The fraction of sp³-hybridized carbons (Fsp3) is 0.467. The zero-order chi connectivity index (χ0) is 17.8. The maximum Gasteiger partial charge on any atom is 0.416 e. The number of carbonyl (C=O) groups is 2. The van der Waals surface area contributed by atoms with Crippen molar-refractivity contribution in [2.75, 3.05) is 0 Å². The lowest BCUT2D eigenvalue weighted by Gasteiger charge is -2.21. The van der Waals surface area contributed by atoms with E-state index in [-0.39, 0.29) is 5.56 Å². The summed E-state index contributed by atoms with van der Waals surface area (Å²) in [4.78, 5) is 22.9. The predicted octanol–water partition coefficient (Wildman–Crippen LogP) is 3.33. The molecule has 8 heteroatoms. The molecule has 0 aliphatic carbocycles. The van der Waals surface area contributed by atoms with Gasteiger partial charge in [-0.15, -0.1) is 0 Å². The lowest BCUT2D eigenvalue weighted by molar-refractivity contribution is -0.144. The Hall–Kier alpha value is -2.12. The van der Waals surface area contributed by atoms with Gasteiger partial charge in [0.25, 0.3) is 5.91 Å². The molecule has 1 aromatic carbocycles. The monoisotopic (exact) mass is 335 g/mol. The lowest BCUT2D eigenvalue weighted by atomic mass is 9.98. The molecule has 0 aliphatic heterocycles. The van der Waals surface area contributed by atoms with Gasteiger partial charge in [0, 0.05) is 0 Å². The van der Waals surface area contributed by atoms with Crippen LogP contribution in [-0.2, 0) is 15.8 Å². The molecule has 4 nitrogen and oxygen atoms in total. The van der Waals surface area contributed by atoms with Gasteiger partial charge in [0.15, 0.2) is 0 Å². The van der Waals surface area contributed by atoms with Crippen LogP contribution in [0.2, 0.25) is 0 Å². The first kappa shape index (κ1) is 18.9. The summed E-state index contributed by atoms with van der Waals surface area (Å²) in [6, 6.07) is 1.77. The molecule has 1 aromatic rings. The second-order valence-corrected chi connectivity index (χ2v) is 5.19. The van der Waals surface area contributed by atoms with E-state index in [0.29, 0.717) is 18.6 Å². The first-order chi connectivity index (χ1) is 10.6. The van der Waals surface area contributed by atoms with E-state index in [9.17, 15) is 27.2 Å². The van der Waals surface area contributed by atoms with Gasteiger partial charge in [0.05, 0.1) is 5.56 Å². The Balaban J connectivity index is 2.85. The number of hydrogen-bond donors (Lipinski definition) is 2. The van der Waals surface area contributed by atoms with Crippen LogP contribution in [0.15, 0.2) is 24.3 Å². The van der Waals surface area contributed by atoms with Gasteiger partial charge in [0.1, 0.15) is 6.04 Å². The topological polar surface area (TPSA) is 66.4 Å². The van der Waals surface area contributed by atoms with Crippen LogP contribution in [0, 0.1) is 5.92 Å². The number of nitrogens with one attached hydrogen (secondary N) is 1. The van der Waals surface area contributed by atoms with Gasteiger partial charge < -0.3 is 10.4 Å². The Morgan fingerprint density at radius 1 is 1.22 bits per heavy atom. The minimum absolute atomic E-state index is 0.274. The molecule has 0 saturated heterocycles. The number of amides is 1. The normalized spacial score (nSPS) is 15.6. The Bertz CT molecular complexity index is 557. The number of alkyl halides is 4. The molecule has 0 aromatic heterocycles. The number of carbonyl (C=O) groups excluding carboxylic acids is 1. The smallest absolute Gasteiger partial charge is 0.416 e. The van der Waals surface area contributed by atoms with Gasteiger partial charge in [-0.25, -0.2) is 9.18 Å². The van der Waals surface area contributed by atoms with Crippen molar-refractivity contribution in [1.29, 1.82) is 0 Å².